The number of anilines is 1. The van der Waals surface area contributed by atoms with Crippen molar-refractivity contribution in [1.82, 2.24) is 10.1 Å². The van der Waals surface area contributed by atoms with Gasteiger partial charge in [0.2, 0.25) is 0 Å². The molecular formula is C20H25N3O3. The largest absolute Gasteiger partial charge is 0.378 e. The lowest BCUT2D eigenvalue weighted by molar-refractivity contribution is 0.0601. The molecule has 1 aromatic carbocycles. The van der Waals surface area contributed by atoms with Gasteiger partial charge in [0.25, 0.3) is 5.91 Å². The topological polar surface area (TPSA) is 58.8 Å². The SMILES string of the molecule is Cc1cc([C@@H]2CCCCN2C(=O)c2ccccc2N2CCOCC2)no1. The molecule has 6 heteroatoms. The van der Waals surface area contributed by atoms with Crippen molar-refractivity contribution in [1.29, 1.82) is 0 Å². The third kappa shape index (κ3) is 3.33. The van der Waals surface area contributed by atoms with Gasteiger partial charge in [0.1, 0.15) is 11.5 Å². The highest BCUT2D eigenvalue weighted by molar-refractivity contribution is 6.00. The zero-order chi connectivity index (χ0) is 17.9. The Bertz CT molecular complexity index is 767. The number of hydrogen-bond acceptors (Lipinski definition) is 5. The summed E-state index contributed by atoms with van der Waals surface area (Å²) < 4.78 is 10.7. The van der Waals surface area contributed by atoms with Gasteiger partial charge in [-0.05, 0) is 38.3 Å². The van der Waals surface area contributed by atoms with Crippen LogP contribution in [0.1, 0.15) is 47.1 Å². The van der Waals surface area contributed by atoms with Crippen LogP contribution >= 0.6 is 0 Å². The molecule has 26 heavy (non-hydrogen) atoms. The maximum atomic E-state index is 13.5. The van der Waals surface area contributed by atoms with Gasteiger partial charge in [-0.15, -0.1) is 0 Å². The monoisotopic (exact) mass is 355 g/mol. The normalized spacial score (nSPS) is 21.0. The van der Waals surface area contributed by atoms with Crippen molar-refractivity contribution in [3.05, 3.63) is 47.3 Å². The first-order chi connectivity index (χ1) is 12.7. The first kappa shape index (κ1) is 17.1. The number of aryl methyl sites for hydroxylation is 1. The second-order valence-corrected chi connectivity index (χ2v) is 6.99. The second kappa shape index (κ2) is 7.50. The van der Waals surface area contributed by atoms with Crippen LogP contribution in [0, 0.1) is 6.92 Å². The average Bonchev–Trinajstić information content (AvgIpc) is 3.14. The van der Waals surface area contributed by atoms with Crippen LogP contribution in [-0.4, -0.2) is 48.8 Å². The molecule has 0 bridgehead atoms. The molecule has 0 spiro atoms. The zero-order valence-electron chi connectivity index (χ0n) is 15.2. The van der Waals surface area contributed by atoms with Crippen molar-refractivity contribution in [3.63, 3.8) is 0 Å². The van der Waals surface area contributed by atoms with Crippen molar-refractivity contribution in [2.45, 2.75) is 32.2 Å². The Morgan fingerprint density at radius 2 is 1.96 bits per heavy atom. The van der Waals surface area contributed by atoms with E-state index >= 15 is 0 Å². The van der Waals surface area contributed by atoms with E-state index in [2.05, 4.69) is 10.1 Å². The number of amides is 1. The van der Waals surface area contributed by atoms with Crippen LogP contribution in [0.15, 0.2) is 34.9 Å². The molecular weight excluding hydrogens is 330 g/mol. The minimum Gasteiger partial charge on any atom is -0.378 e. The van der Waals surface area contributed by atoms with Crippen LogP contribution in [-0.2, 0) is 4.74 Å². The van der Waals surface area contributed by atoms with Crippen LogP contribution < -0.4 is 4.90 Å². The summed E-state index contributed by atoms with van der Waals surface area (Å²) in [6.07, 6.45) is 3.06. The van der Waals surface area contributed by atoms with E-state index in [4.69, 9.17) is 9.26 Å². The van der Waals surface area contributed by atoms with Gasteiger partial charge in [-0.25, -0.2) is 0 Å². The van der Waals surface area contributed by atoms with Crippen LogP contribution in [0.4, 0.5) is 5.69 Å². The predicted octanol–water partition coefficient (Wildman–Crippen LogP) is 3.19. The quantitative estimate of drug-likeness (QED) is 0.846. The molecule has 0 saturated carbocycles. The number of carbonyl (C=O) groups excluding carboxylic acids is 1. The molecule has 2 saturated heterocycles. The van der Waals surface area contributed by atoms with E-state index < -0.39 is 0 Å². The number of aromatic nitrogens is 1. The van der Waals surface area contributed by atoms with Crippen molar-refractivity contribution in [2.24, 2.45) is 0 Å². The Morgan fingerprint density at radius 1 is 1.15 bits per heavy atom. The fourth-order valence-electron chi connectivity index (χ4n) is 3.91. The lowest BCUT2D eigenvalue weighted by Gasteiger charge is -2.36. The van der Waals surface area contributed by atoms with E-state index in [1.54, 1.807) is 0 Å². The van der Waals surface area contributed by atoms with Gasteiger partial charge in [-0.3, -0.25) is 4.79 Å². The van der Waals surface area contributed by atoms with E-state index in [0.29, 0.717) is 13.2 Å². The van der Waals surface area contributed by atoms with E-state index in [-0.39, 0.29) is 11.9 Å². The number of benzene rings is 1. The summed E-state index contributed by atoms with van der Waals surface area (Å²) in [4.78, 5) is 17.7. The Kier molecular flexibility index (Phi) is 4.93. The third-order valence-electron chi connectivity index (χ3n) is 5.24. The minimum absolute atomic E-state index is 0.00792. The Balaban J connectivity index is 1.63. The number of piperidine rings is 1. The molecule has 0 radical (unpaired) electrons. The van der Waals surface area contributed by atoms with E-state index in [0.717, 1.165) is 61.6 Å². The van der Waals surface area contributed by atoms with Crippen molar-refractivity contribution in [2.75, 3.05) is 37.7 Å². The summed E-state index contributed by atoms with van der Waals surface area (Å²) in [7, 11) is 0. The number of nitrogens with zero attached hydrogens (tertiary/aromatic N) is 3. The van der Waals surface area contributed by atoms with E-state index in [1.165, 1.54) is 0 Å². The van der Waals surface area contributed by atoms with Crippen molar-refractivity contribution >= 4 is 11.6 Å². The molecule has 2 aliphatic heterocycles. The molecule has 4 rings (SSSR count). The van der Waals surface area contributed by atoms with Gasteiger partial charge in [0, 0.05) is 31.4 Å². The highest BCUT2D eigenvalue weighted by Crippen LogP contribution is 2.33. The average molecular weight is 355 g/mol. The van der Waals surface area contributed by atoms with Crippen LogP contribution in [0.3, 0.4) is 0 Å². The number of morpholine rings is 1. The fourth-order valence-corrected chi connectivity index (χ4v) is 3.91. The highest BCUT2D eigenvalue weighted by Gasteiger charge is 2.32. The number of carbonyl (C=O) groups is 1. The second-order valence-electron chi connectivity index (χ2n) is 6.99. The number of ether oxygens (including phenoxy) is 1. The molecule has 0 N–H and O–H groups in total. The number of likely N-dealkylation sites (tertiary alicyclic amines) is 1. The molecule has 0 unspecified atom stereocenters. The summed E-state index contributed by atoms with van der Waals surface area (Å²) >= 11 is 0. The van der Waals surface area contributed by atoms with Gasteiger partial charge in [-0.1, -0.05) is 17.3 Å². The summed E-state index contributed by atoms with van der Waals surface area (Å²) in [5.41, 5.74) is 2.63. The smallest absolute Gasteiger partial charge is 0.256 e. The molecule has 1 amide bonds. The van der Waals surface area contributed by atoms with Gasteiger partial charge >= 0.3 is 0 Å². The predicted molar refractivity (Wildman–Crippen MR) is 98.3 cm³/mol. The summed E-state index contributed by atoms with van der Waals surface area (Å²) in [5.74, 6) is 0.865. The first-order valence-electron chi connectivity index (χ1n) is 9.40. The number of rotatable bonds is 3. The molecule has 6 nitrogen and oxygen atoms in total. The molecule has 0 aliphatic carbocycles. The molecule has 2 fully saturated rings. The summed E-state index contributed by atoms with van der Waals surface area (Å²) in [5, 5.41) is 4.18. The molecule has 2 aromatic rings. The van der Waals surface area contributed by atoms with Gasteiger partial charge < -0.3 is 19.1 Å². The summed E-state index contributed by atoms with van der Waals surface area (Å²) in [6.45, 7) is 5.68. The number of para-hydroxylation sites is 1. The molecule has 3 heterocycles. The first-order valence-corrected chi connectivity index (χ1v) is 9.40. The lowest BCUT2D eigenvalue weighted by atomic mass is 9.97. The highest BCUT2D eigenvalue weighted by atomic mass is 16.5. The maximum Gasteiger partial charge on any atom is 0.256 e. The minimum atomic E-state index is -0.00792. The molecule has 1 atom stereocenters. The Hall–Kier alpha value is -2.34. The molecule has 1 aromatic heterocycles. The molecule has 2 aliphatic rings. The van der Waals surface area contributed by atoms with Gasteiger partial charge in [0.05, 0.1) is 24.8 Å². The van der Waals surface area contributed by atoms with E-state index in [1.807, 2.05) is 42.2 Å². The van der Waals surface area contributed by atoms with E-state index in [9.17, 15) is 4.79 Å². The van der Waals surface area contributed by atoms with Gasteiger partial charge in [0.15, 0.2) is 0 Å². The van der Waals surface area contributed by atoms with Crippen LogP contribution in [0.2, 0.25) is 0 Å². The Morgan fingerprint density at radius 3 is 2.73 bits per heavy atom. The lowest BCUT2D eigenvalue weighted by Crippen LogP contribution is -2.41. The zero-order valence-corrected chi connectivity index (χ0v) is 15.2. The molecule has 138 valence electrons. The fraction of sp³-hybridized carbons (Fsp3) is 0.500. The maximum absolute atomic E-state index is 13.5. The van der Waals surface area contributed by atoms with Gasteiger partial charge in [-0.2, -0.15) is 0 Å². The summed E-state index contributed by atoms with van der Waals surface area (Å²) in [6, 6.07) is 9.85. The van der Waals surface area contributed by atoms with Crippen molar-refractivity contribution < 1.29 is 14.1 Å². The third-order valence-corrected chi connectivity index (χ3v) is 5.24. The van der Waals surface area contributed by atoms with Crippen LogP contribution in [0.25, 0.3) is 0 Å². The standard InChI is InChI=1S/C20H25N3O3/c1-15-14-17(21-26-15)19-8-4-5-9-23(19)20(24)16-6-2-3-7-18(16)22-10-12-25-13-11-22/h2-3,6-7,14,19H,4-5,8-13H2,1H3/t19-/m0/s1. The number of hydrogen-bond donors (Lipinski definition) is 0. The van der Waals surface area contributed by atoms with Crippen LogP contribution in [0.5, 0.6) is 0 Å². The van der Waals surface area contributed by atoms with Crippen molar-refractivity contribution in [3.8, 4) is 0 Å². The Labute approximate surface area is 153 Å².